The van der Waals surface area contributed by atoms with Gasteiger partial charge in [-0.15, -0.1) is 0 Å². The molecule has 0 aromatic carbocycles. The van der Waals surface area contributed by atoms with Gasteiger partial charge in [0.15, 0.2) is 0 Å². The fourth-order valence-electron chi connectivity index (χ4n) is 3.18. The van der Waals surface area contributed by atoms with Gasteiger partial charge in [-0.25, -0.2) is 0 Å². The second kappa shape index (κ2) is 6.74. The lowest BCUT2D eigenvalue weighted by molar-refractivity contribution is -0.131. The summed E-state index contributed by atoms with van der Waals surface area (Å²) >= 11 is 0. The Morgan fingerprint density at radius 3 is 1.95 bits per heavy atom. The minimum absolute atomic E-state index is 0.111. The van der Waals surface area contributed by atoms with Crippen molar-refractivity contribution in [1.82, 2.24) is 5.32 Å². The average molecular weight is 270 g/mol. The molecule has 0 heterocycles. The Hall–Kier alpha value is -0.570. The maximum Gasteiger partial charge on any atom is 0.225 e. The molecule has 0 fully saturated rings. The molecule has 19 heavy (non-hydrogen) atoms. The SMILES string of the molecule is CCC(C)(C)CC(C)(C)CC(C)(C)C(=O)NCCN. The molecule has 0 bridgehead atoms. The number of rotatable bonds is 8. The Morgan fingerprint density at radius 1 is 1.00 bits per heavy atom. The minimum Gasteiger partial charge on any atom is -0.354 e. The molecule has 0 aromatic heterocycles. The van der Waals surface area contributed by atoms with Crippen molar-refractivity contribution in [3.63, 3.8) is 0 Å². The van der Waals surface area contributed by atoms with Crippen molar-refractivity contribution in [1.29, 1.82) is 0 Å². The third kappa shape index (κ3) is 6.95. The third-order valence-electron chi connectivity index (χ3n) is 3.88. The van der Waals surface area contributed by atoms with Crippen molar-refractivity contribution in [2.75, 3.05) is 13.1 Å². The molecule has 0 radical (unpaired) electrons. The van der Waals surface area contributed by atoms with Gasteiger partial charge in [0.2, 0.25) is 5.91 Å². The van der Waals surface area contributed by atoms with Crippen molar-refractivity contribution in [3.8, 4) is 0 Å². The van der Waals surface area contributed by atoms with Gasteiger partial charge in [0.1, 0.15) is 0 Å². The Bertz CT molecular complexity index is 293. The van der Waals surface area contributed by atoms with Crippen molar-refractivity contribution < 1.29 is 4.79 Å². The zero-order valence-electron chi connectivity index (χ0n) is 14.0. The summed E-state index contributed by atoms with van der Waals surface area (Å²) in [7, 11) is 0. The molecule has 114 valence electrons. The predicted molar refractivity (Wildman–Crippen MR) is 82.9 cm³/mol. The van der Waals surface area contributed by atoms with Gasteiger partial charge in [0.25, 0.3) is 0 Å². The summed E-state index contributed by atoms with van der Waals surface area (Å²) in [6.07, 6.45) is 3.18. The van der Waals surface area contributed by atoms with E-state index in [1.54, 1.807) is 0 Å². The summed E-state index contributed by atoms with van der Waals surface area (Å²) < 4.78 is 0. The van der Waals surface area contributed by atoms with Gasteiger partial charge in [0, 0.05) is 18.5 Å². The number of carbonyl (C=O) groups is 1. The van der Waals surface area contributed by atoms with E-state index in [-0.39, 0.29) is 16.7 Å². The molecule has 0 atom stereocenters. The van der Waals surface area contributed by atoms with Crippen LogP contribution in [0.3, 0.4) is 0 Å². The van der Waals surface area contributed by atoms with Crippen LogP contribution in [0.1, 0.15) is 67.7 Å². The van der Waals surface area contributed by atoms with E-state index < -0.39 is 0 Å². The molecule has 0 aliphatic rings. The van der Waals surface area contributed by atoms with Crippen LogP contribution >= 0.6 is 0 Å². The van der Waals surface area contributed by atoms with Crippen LogP contribution in [-0.4, -0.2) is 19.0 Å². The van der Waals surface area contributed by atoms with Crippen LogP contribution in [0.4, 0.5) is 0 Å². The van der Waals surface area contributed by atoms with Gasteiger partial charge < -0.3 is 11.1 Å². The summed E-state index contributed by atoms with van der Waals surface area (Å²) in [6.45, 7) is 16.5. The largest absolute Gasteiger partial charge is 0.354 e. The Balaban J connectivity index is 4.66. The molecule has 0 rings (SSSR count). The minimum atomic E-state index is -0.345. The first kappa shape index (κ1) is 18.4. The van der Waals surface area contributed by atoms with Gasteiger partial charge in [-0.1, -0.05) is 54.9 Å². The summed E-state index contributed by atoms with van der Waals surface area (Å²) in [5.74, 6) is 0.111. The van der Waals surface area contributed by atoms with Crippen molar-refractivity contribution in [3.05, 3.63) is 0 Å². The summed E-state index contributed by atoms with van der Waals surface area (Å²) in [6, 6.07) is 0. The highest BCUT2D eigenvalue weighted by atomic mass is 16.2. The Labute approximate surface area is 119 Å². The zero-order chi connectivity index (χ0) is 15.3. The number of carbonyl (C=O) groups excluding carboxylic acids is 1. The van der Waals surface area contributed by atoms with Gasteiger partial charge in [0.05, 0.1) is 0 Å². The topological polar surface area (TPSA) is 55.1 Å². The van der Waals surface area contributed by atoms with Crippen molar-refractivity contribution in [2.24, 2.45) is 22.0 Å². The van der Waals surface area contributed by atoms with Crippen molar-refractivity contribution in [2.45, 2.75) is 67.7 Å². The highest BCUT2D eigenvalue weighted by molar-refractivity contribution is 5.81. The lowest BCUT2D eigenvalue weighted by Gasteiger charge is -2.39. The fraction of sp³-hybridized carbons (Fsp3) is 0.938. The summed E-state index contributed by atoms with van der Waals surface area (Å²) in [4.78, 5) is 12.2. The molecule has 3 heteroatoms. The molecule has 0 aromatic rings. The molecule has 0 spiro atoms. The van der Waals surface area contributed by atoms with E-state index in [1.165, 1.54) is 0 Å². The molecule has 0 unspecified atom stereocenters. The average Bonchev–Trinajstić information content (AvgIpc) is 2.22. The van der Waals surface area contributed by atoms with Crippen LogP contribution in [0.15, 0.2) is 0 Å². The Kier molecular flexibility index (Phi) is 6.53. The molecule has 3 nitrogen and oxygen atoms in total. The summed E-state index contributed by atoms with van der Waals surface area (Å²) in [5, 5.41) is 2.91. The van der Waals surface area contributed by atoms with Crippen LogP contribution in [-0.2, 0) is 4.79 Å². The van der Waals surface area contributed by atoms with Gasteiger partial charge in [-0.2, -0.15) is 0 Å². The molecular weight excluding hydrogens is 236 g/mol. The van der Waals surface area contributed by atoms with Crippen LogP contribution in [0.2, 0.25) is 0 Å². The molecule has 0 aliphatic carbocycles. The van der Waals surface area contributed by atoms with Gasteiger partial charge in [-0.3, -0.25) is 4.79 Å². The standard InChI is InChI=1S/C16H34N2O/c1-8-14(2,3)11-15(4,5)12-16(6,7)13(19)18-10-9-17/h8-12,17H2,1-7H3,(H,18,19). The summed E-state index contributed by atoms with van der Waals surface area (Å²) in [5.41, 5.74) is 5.57. The number of nitrogens with two attached hydrogens (primary N) is 1. The predicted octanol–water partition coefficient (Wildman–Crippen LogP) is 3.33. The number of hydrogen-bond donors (Lipinski definition) is 2. The lowest BCUT2D eigenvalue weighted by Crippen LogP contribution is -2.42. The maximum atomic E-state index is 12.2. The number of amides is 1. The molecule has 1 amide bonds. The molecular formula is C16H34N2O. The molecule has 0 saturated carbocycles. The number of nitrogens with one attached hydrogen (secondary N) is 1. The third-order valence-corrected chi connectivity index (χ3v) is 3.88. The Morgan fingerprint density at radius 2 is 1.53 bits per heavy atom. The van der Waals surface area contributed by atoms with Gasteiger partial charge in [-0.05, 0) is 23.7 Å². The van der Waals surface area contributed by atoms with E-state index in [4.69, 9.17) is 5.73 Å². The van der Waals surface area contributed by atoms with Gasteiger partial charge >= 0.3 is 0 Å². The molecule has 3 N–H and O–H groups in total. The molecule has 0 saturated heterocycles. The smallest absolute Gasteiger partial charge is 0.225 e. The van der Waals surface area contributed by atoms with Crippen LogP contribution in [0, 0.1) is 16.2 Å². The maximum absolute atomic E-state index is 12.2. The van der Waals surface area contributed by atoms with E-state index in [0.29, 0.717) is 18.5 Å². The quantitative estimate of drug-likeness (QED) is 0.711. The van der Waals surface area contributed by atoms with Crippen LogP contribution in [0.25, 0.3) is 0 Å². The number of hydrogen-bond acceptors (Lipinski definition) is 2. The van der Waals surface area contributed by atoms with Crippen molar-refractivity contribution >= 4 is 5.91 Å². The normalized spacial score (nSPS) is 13.5. The van der Waals surface area contributed by atoms with Crippen LogP contribution < -0.4 is 11.1 Å². The van der Waals surface area contributed by atoms with Crippen LogP contribution in [0.5, 0.6) is 0 Å². The lowest BCUT2D eigenvalue weighted by atomic mass is 9.66. The second-order valence-electron chi connectivity index (χ2n) is 7.96. The highest BCUT2D eigenvalue weighted by Gasteiger charge is 2.37. The molecule has 0 aliphatic heterocycles. The first-order valence-electron chi connectivity index (χ1n) is 7.44. The first-order chi connectivity index (χ1) is 8.46. The van der Waals surface area contributed by atoms with E-state index in [1.807, 2.05) is 13.8 Å². The second-order valence-corrected chi connectivity index (χ2v) is 7.96. The first-order valence-corrected chi connectivity index (χ1v) is 7.44. The highest BCUT2D eigenvalue weighted by Crippen LogP contribution is 2.43. The zero-order valence-corrected chi connectivity index (χ0v) is 14.0. The van der Waals surface area contributed by atoms with E-state index >= 15 is 0 Å². The fourth-order valence-corrected chi connectivity index (χ4v) is 3.18. The monoisotopic (exact) mass is 270 g/mol. The van der Waals surface area contributed by atoms with E-state index in [9.17, 15) is 4.79 Å². The van der Waals surface area contributed by atoms with E-state index in [2.05, 4.69) is 39.9 Å². The van der Waals surface area contributed by atoms with E-state index in [0.717, 1.165) is 19.3 Å².